The van der Waals surface area contributed by atoms with E-state index in [0.29, 0.717) is 103 Å². The van der Waals surface area contributed by atoms with Crippen molar-refractivity contribution in [3.63, 3.8) is 0 Å². The van der Waals surface area contributed by atoms with Crippen LogP contribution in [0.15, 0.2) is 47.6 Å². The maximum atomic E-state index is 14.5. The molecular formula is C60H97NO18. The van der Waals surface area contributed by atoms with Crippen LogP contribution in [0, 0.1) is 35.5 Å². The normalized spacial score (nSPS) is 35.4. The third kappa shape index (κ3) is 21.6. The van der Waals surface area contributed by atoms with Gasteiger partial charge in [-0.25, -0.2) is 4.79 Å². The first-order valence-electron chi connectivity index (χ1n) is 28.9. The van der Waals surface area contributed by atoms with Gasteiger partial charge in [0.2, 0.25) is 5.79 Å². The minimum absolute atomic E-state index is 0.0260. The number of ketones is 3. The molecule has 0 aromatic heterocycles. The quantitative estimate of drug-likeness (QED) is 0.0500. The summed E-state index contributed by atoms with van der Waals surface area (Å²) < 4.78 is 52.2. The Kier molecular flexibility index (Phi) is 30.5. The highest BCUT2D eigenvalue weighted by Crippen LogP contribution is 2.38. The number of aliphatic hydroxyl groups excluding tert-OH is 3. The van der Waals surface area contributed by atoms with Crippen LogP contribution in [0.5, 0.6) is 0 Å². The molecule has 0 spiro atoms. The summed E-state index contributed by atoms with van der Waals surface area (Å²) in [6.45, 7) is 15.5. The lowest BCUT2D eigenvalue weighted by atomic mass is 9.78. The first kappa shape index (κ1) is 67.9. The summed E-state index contributed by atoms with van der Waals surface area (Å²) in [5.74, 6) is -8.37. The number of Topliss-reactive ketones (excluding diaryl/α,β-unsaturated/α-hetero) is 3. The summed E-state index contributed by atoms with van der Waals surface area (Å²) in [7, 11) is 2.93. The lowest BCUT2D eigenvalue weighted by molar-refractivity contribution is -0.266. The monoisotopic (exact) mass is 1120 g/mol. The number of cyclic esters (lactones) is 1. The number of esters is 1. The summed E-state index contributed by atoms with van der Waals surface area (Å²) in [4.78, 5) is 72.8. The Balaban J connectivity index is 1.61. The number of carbonyl (C=O) groups is 5. The number of amides is 1. The molecule has 1 unspecified atom stereocenters. The highest BCUT2D eigenvalue weighted by atomic mass is 16.6. The van der Waals surface area contributed by atoms with E-state index >= 15 is 0 Å². The Hall–Kier alpha value is -3.57. The average molecular weight is 1120 g/mol. The van der Waals surface area contributed by atoms with Crippen LogP contribution in [0.2, 0.25) is 0 Å². The van der Waals surface area contributed by atoms with E-state index < -0.39 is 83.9 Å². The van der Waals surface area contributed by atoms with Crippen molar-refractivity contribution in [3.8, 4) is 0 Å². The molecule has 0 aromatic rings. The first-order chi connectivity index (χ1) is 37.7. The zero-order valence-electron chi connectivity index (χ0n) is 48.8. The summed E-state index contributed by atoms with van der Waals surface area (Å²) in [5.41, 5.74) is 1.19. The molecule has 3 aliphatic heterocycles. The minimum atomic E-state index is -2.50. The fourth-order valence-electron chi connectivity index (χ4n) is 11.1. The second kappa shape index (κ2) is 35.4. The van der Waals surface area contributed by atoms with Crippen LogP contribution in [0.3, 0.4) is 0 Å². The third-order valence-corrected chi connectivity index (χ3v) is 16.1. The molecule has 1 amide bonds. The number of methoxy groups -OCH3 is 2. The predicted octanol–water partition coefficient (Wildman–Crippen LogP) is 5.61. The summed E-state index contributed by atoms with van der Waals surface area (Å²) in [6, 6.07) is -1.18. The van der Waals surface area contributed by atoms with Gasteiger partial charge in [0.15, 0.2) is 5.78 Å². The average Bonchev–Trinajstić information content (AvgIpc) is 3.46. The van der Waals surface area contributed by atoms with Crippen molar-refractivity contribution < 1.29 is 87.0 Å². The molecular weight excluding hydrogens is 1020 g/mol. The Bertz CT molecular complexity index is 2010. The lowest BCUT2D eigenvalue weighted by Gasteiger charge is -2.43. The number of ether oxygens (including phenoxy) is 9. The van der Waals surface area contributed by atoms with Gasteiger partial charge in [0, 0.05) is 51.4 Å². The summed E-state index contributed by atoms with van der Waals surface area (Å²) >= 11 is 0. The van der Waals surface area contributed by atoms with E-state index in [-0.39, 0.29) is 87.7 Å². The van der Waals surface area contributed by atoms with Gasteiger partial charge in [0.25, 0.3) is 11.7 Å². The standard InChI is InChI=1S/C60H97NO18/c1-39-15-11-10-12-16-40(2)51(77-32-31-76-30-29-75-28-27-74-26-25-73-24-23-62)37-47-20-18-45(7)60(70,79-47)57(67)58(68)61-22-14-13-17-48(61)59(69)78-52(42(4)35-46-19-21-49(63)53(36-46)71-8)38-50(64)41(3)34-44(6)55(66)56(72-9)54(65)43(5)33-39/h10-12,15-16,34,39,41-43,45-49,51-53,55-56,62-63,66,70H,13-14,17-33,35-38H2,1-9H3/b12-10+,15-11+,40-16+,44-34+/t39-,41-,42-,43-,45-,46+,47+,48+,49-,51?,52+,53-,55-,56+,60-/m1/s1. The fourth-order valence-corrected chi connectivity index (χ4v) is 11.1. The maximum Gasteiger partial charge on any atom is 0.329 e. The van der Waals surface area contributed by atoms with Crippen molar-refractivity contribution in [2.24, 2.45) is 35.5 Å². The van der Waals surface area contributed by atoms with Crippen molar-refractivity contribution in [2.45, 2.75) is 180 Å². The largest absolute Gasteiger partial charge is 0.460 e. The summed E-state index contributed by atoms with van der Waals surface area (Å²) in [5, 5.41) is 43.1. The smallest absolute Gasteiger partial charge is 0.329 e. The SMILES string of the molecule is CO[C@@H]1C[C@H](C[C@@H](C)[C@@H]2CC(=O)[C@H](C)/C=C(\C)[C@@H](O)[C@@H](OC)C(=O)[C@H](C)C[C@H](C)/C=C/C=C/C=C(\C)C(OCCOCCOCCOCCOCCO)C[C@@H]3CC[C@@H](C)[C@@](O)(O3)C(=O)C(=O)N3CCCC[C@H]3C(=O)O2)CC[C@H]1O. The second-order valence-electron chi connectivity index (χ2n) is 22.4. The van der Waals surface area contributed by atoms with Crippen LogP contribution in [0.1, 0.15) is 126 Å². The Labute approximate surface area is 469 Å². The Morgan fingerprint density at radius 1 is 0.759 bits per heavy atom. The number of nitrogens with zero attached hydrogens (tertiary/aromatic N) is 1. The number of allylic oxidation sites excluding steroid dienone is 6. The van der Waals surface area contributed by atoms with Crippen molar-refractivity contribution in [3.05, 3.63) is 47.6 Å². The summed E-state index contributed by atoms with van der Waals surface area (Å²) in [6.07, 6.45) is 10.4. The molecule has 0 aromatic carbocycles. The van der Waals surface area contributed by atoms with Crippen LogP contribution >= 0.6 is 0 Å². The molecule has 19 heteroatoms. The molecule has 3 fully saturated rings. The number of rotatable bonds is 20. The Morgan fingerprint density at radius 2 is 1.42 bits per heavy atom. The molecule has 15 atom stereocenters. The predicted molar refractivity (Wildman–Crippen MR) is 294 cm³/mol. The van der Waals surface area contributed by atoms with Crippen molar-refractivity contribution in [1.82, 2.24) is 4.90 Å². The number of carbonyl (C=O) groups excluding carboxylic acids is 5. The molecule has 1 aliphatic carbocycles. The van der Waals surface area contributed by atoms with Gasteiger partial charge in [-0.2, -0.15) is 0 Å². The van der Waals surface area contributed by atoms with Crippen LogP contribution in [-0.4, -0.2) is 196 Å². The minimum Gasteiger partial charge on any atom is -0.460 e. The van der Waals surface area contributed by atoms with Gasteiger partial charge in [0.05, 0.1) is 90.5 Å². The van der Waals surface area contributed by atoms with E-state index in [9.17, 15) is 39.3 Å². The molecule has 3 heterocycles. The first-order valence-corrected chi connectivity index (χ1v) is 28.9. The number of piperidine rings is 1. The van der Waals surface area contributed by atoms with Gasteiger partial charge >= 0.3 is 5.97 Å². The molecule has 79 heavy (non-hydrogen) atoms. The highest BCUT2D eigenvalue weighted by Gasteiger charge is 2.53. The van der Waals surface area contributed by atoms with Gasteiger partial charge in [-0.3, -0.25) is 19.2 Å². The zero-order valence-corrected chi connectivity index (χ0v) is 48.8. The van der Waals surface area contributed by atoms with Crippen LogP contribution in [0.4, 0.5) is 0 Å². The Morgan fingerprint density at radius 3 is 2.06 bits per heavy atom. The molecule has 19 nitrogen and oxygen atoms in total. The highest BCUT2D eigenvalue weighted by molar-refractivity contribution is 6.39. The molecule has 2 bridgehead atoms. The molecule has 4 N–H and O–H groups in total. The van der Waals surface area contributed by atoms with Crippen LogP contribution < -0.4 is 0 Å². The van der Waals surface area contributed by atoms with E-state index in [0.717, 1.165) is 5.57 Å². The van der Waals surface area contributed by atoms with Gasteiger partial charge in [-0.15, -0.1) is 0 Å². The third-order valence-electron chi connectivity index (χ3n) is 16.1. The number of aliphatic hydroxyl groups is 4. The molecule has 0 radical (unpaired) electrons. The van der Waals surface area contributed by atoms with Gasteiger partial charge in [-0.05, 0) is 107 Å². The molecule has 2 saturated heterocycles. The fraction of sp³-hybridized carbons (Fsp3) is 0.783. The van der Waals surface area contributed by atoms with E-state index in [2.05, 4.69) is 0 Å². The number of fused-ring (bicyclic) bond motifs is 3. The number of hydrogen-bond donors (Lipinski definition) is 4. The van der Waals surface area contributed by atoms with Crippen molar-refractivity contribution in [1.29, 1.82) is 0 Å². The van der Waals surface area contributed by atoms with Crippen molar-refractivity contribution in [2.75, 3.05) is 86.8 Å². The lowest BCUT2D eigenvalue weighted by Crippen LogP contribution is -2.61. The van der Waals surface area contributed by atoms with Gasteiger partial charge in [0.1, 0.15) is 30.1 Å². The number of hydrogen-bond acceptors (Lipinski definition) is 18. The van der Waals surface area contributed by atoms with E-state index in [1.54, 1.807) is 40.9 Å². The topological polar surface area (TPSA) is 253 Å². The zero-order chi connectivity index (χ0) is 58.1. The molecule has 450 valence electrons. The molecule has 1 saturated carbocycles. The van der Waals surface area contributed by atoms with Crippen LogP contribution in [0.25, 0.3) is 0 Å². The van der Waals surface area contributed by atoms with Crippen LogP contribution in [-0.2, 0) is 66.6 Å². The van der Waals surface area contributed by atoms with Gasteiger partial charge < -0.3 is 68.0 Å². The van der Waals surface area contributed by atoms with E-state index in [1.807, 2.05) is 51.2 Å². The van der Waals surface area contributed by atoms with E-state index in [4.69, 9.17) is 47.7 Å². The van der Waals surface area contributed by atoms with Gasteiger partial charge in [-0.1, -0.05) is 71.1 Å². The van der Waals surface area contributed by atoms with E-state index in [1.165, 1.54) is 12.0 Å². The molecule has 4 aliphatic rings. The van der Waals surface area contributed by atoms with Crippen molar-refractivity contribution >= 4 is 29.2 Å². The second-order valence-corrected chi connectivity index (χ2v) is 22.4. The maximum absolute atomic E-state index is 14.5. The molecule has 4 rings (SSSR count).